The average molecular weight is 369 g/mol. The van der Waals surface area contributed by atoms with Gasteiger partial charge in [0.1, 0.15) is 11.5 Å². The minimum absolute atomic E-state index is 0.00766. The van der Waals surface area contributed by atoms with Crippen molar-refractivity contribution in [1.82, 2.24) is 10.2 Å². The van der Waals surface area contributed by atoms with Crippen LogP contribution in [-0.4, -0.2) is 42.5 Å². The van der Waals surface area contributed by atoms with Crippen LogP contribution in [0.1, 0.15) is 31.1 Å². The normalized spacial score (nSPS) is 20.4. The SMILES string of the molecule is O=C(C[C@@H]1Oc2ccccc2NC1=O)NC[C@H](c1ccco1)N1CCCC1. The Morgan fingerprint density at radius 3 is 2.81 bits per heavy atom. The number of anilines is 1. The zero-order valence-electron chi connectivity index (χ0n) is 15.0. The Morgan fingerprint density at radius 2 is 2.04 bits per heavy atom. The number of carbonyl (C=O) groups is 2. The molecule has 2 aliphatic rings. The van der Waals surface area contributed by atoms with Crippen molar-refractivity contribution in [1.29, 1.82) is 0 Å². The van der Waals surface area contributed by atoms with Crippen LogP contribution in [0, 0.1) is 0 Å². The zero-order valence-corrected chi connectivity index (χ0v) is 15.0. The highest BCUT2D eigenvalue weighted by atomic mass is 16.5. The number of furan rings is 1. The third kappa shape index (κ3) is 3.98. The van der Waals surface area contributed by atoms with Gasteiger partial charge in [0.15, 0.2) is 6.10 Å². The summed E-state index contributed by atoms with van der Waals surface area (Å²) in [5.74, 6) is 0.912. The van der Waals surface area contributed by atoms with Crippen molar-refractivity contribution in [3.05, 3.63) is 48.4 Å². The van der Waals surface area contributed by atoms with E-state index in [4.69, 9.17) is 9.15 Å². The predicted molar refractivity (Wildman–Crippen MR) is 99.4 cm³/mol. The van der Waals surface area contributed by atoms with Crippen LogP contribution in [0.4, 0.5) is 5.69 Å². The molecular formula is C20H23N3O4. The molecule has 1 aromatic heterocycles. The molecule has 0 radical (unpaired) electrons. The number of nitrogens with one attached hydrogen (secondary N) is 2. The number of hydrogen-bond donors (Lipinski definition) is 2. The number of hydrogen-bond acceptors (Lipinski definition) is 5. The van der Waals surface area contributed by atoms with Gasteiger partial charge in [0.2, 0.25) is 5.91 Å². The Labute approximate surface area is 157 Å². The number of carbonyl (C=O) groups excluding carboxylic acids is 2. The second-order valence-corrected chi connectivity index (χ2v) is 6.87. The molecule has 0 aliphatic carbocycles. The summed E-state index contributed by atoms with van der Waals surface area (Å²) >= 11 is 0. The smallest absolute Gasteiger partial charge is 0.266 e. The largest absolute Gasteiger partial charge is 0.478 e. The number of nitrogens with zero attached hydrogens (tertiary/aromatic N) is 1. The highest BCUT2D eigenvalue weighted by Crippen LogP contribution is 2.29. The fourth-order valence-corrected chi connectivity index (χ4v) is 3.62. The number of likely N-dealkylation sites (tertiary alicyclic amines) is 1. The van der Waals surface area contributed by atoms with Crippen LogP contribution in [0.25, 0.3) is 0 Å². The standard InChI is InChI=1S/C20H23N3O4/c24-19(12-18-20(25)22-14-6-1-2-7-16(14)27-18)21-13-15(17-8-5-11-26-17)23-9-3-4-10-23/h1-2,5-8,11,15,18H,3-4,9-10,12-13H2,(H,21,24)(H,22,25)/t15-,18+/m1/s1. The molecular weight excluding hydrogens is 346 g/mol. The molecule has 27 heavy (non-hydrogen) atoms. The van der Waals surface area contributed by atoms with Gasteiger partial charge in [-0.3, -0.25) is 14.5 Å². The molecule has 2 atom stereocenters. The van der Waals surface area contributed by atoms with Crippen molar-refractivity contribution in [2.24, 2.45) is 0 Å². The Bertz CT molecular complexity index is 799. The molecule has 0 unspecified atom stereocenters. The van der Waals surface area contributed by atoms with Gasteiger partial charge in [-0.2, -0.15) is 0 Å². The minimum Gasteiger partial charge on any atom is -0.478 e. The first kappa shape index (κ1) is 17.6. The lowest BCUT2D eigenvalue weighted by Crippen LogP contribution is -2.42. The molecule has 1 aromatic carbocycles. The van der Waals surface area contributed by atoms with Gasteiger partial charge in [-0.05, 0) is 50.2 Å². The molecule has 7 nitrogen and oxygen atoms in total. The minimum atomic E-state index is -0.825. The van der Waals surface area contributed by atoms with Crippen LogP contribution in [0.15, 0.2) is 47.1 Å². The van der Waals surface area contributed by atoms with Crippen molar-refractivity contribution in [2.75, 3.05) is 25.0 Å². The van der Waals surface area contributed by atoms with E-state index in [2.05, 4.69) is 15.5 Å². The van der Waals surface area contributed by atoms with Gasteiger partial charge in [0.25, 0.3) is 5.91 Å². The second-order valence-electron chi connectivity index (χ2n) is 6.87. The number of ether oxygens (including phenoxy) is 1. The van der Waals surface area contributed by atoms with E-state index in [9.17, 15) is 9.59 Å². The van der Waals surface area contributed by atoms with E-state index in [1.165, 1.54) is 0 Å². The Balaban J connectivity index is 1.35. The van der Waals surface area contributed by atoms with Crippen molar-refractivity contribution in [2.45, 2.75) is 31.4 Å². The number of benzene rings is 1. The van der Waals surface area contributed by atoms with Gasteiger partial charge in [-0.15, -0.1) is 0 Å². The zero-order chi connectivity index (χ0) is 18.6. The Kier molecular flexibility index (Phi) is 5.11. The molecule has 0 bridgehead atoms. The van der Waals surface area contributed by atoms with Crippen LogP contribution in [-0.2, 0) is 9.59 Å². The molecule has 0 spiro atoms. The van der Waals surface area contributed by atoms with Crippen molar-refractivity contribution >= 4 is 17.5 Å². The lowest BCUT2D eigenvalue weighted by Gasteiger charge is -2.27. The predicted octanol–water partition coefficient (Wildman–Crippen LogP) is 2.32. The summed E-state index contributed by atoms with van der Waals surface area (Å²) in [5.41, 5.74) is 0.631. The number of rotatable bonds is 6. The van der Waals surface area contributed by atoms with Crippen LogP contribution in [0.3, 0.4) is 0 Å². The van der Waals surface area contributed by atoms with Gasteiger partial charge < -0.3 is 19.8 Å². The maximum Gasteiger partial charge on any atom is 0.266 e. The van der Waals surface area contributed by atoms with Crippen LogP contribution in [0.5, 0.6) is 5.75 Å². The summed E-state index contributed by atoms with van der Waals surface area (Å²) in [7, 11) is 0. The molecule has 2 N–H and O–H groups in total. The van der Waals surface area contributed by atoms with Crippen molar-refractivity contribution in [3.8, 4) is 5.75 Å². The number of para-hydroxylation sites is 2. The summed E-state index contributed by atoms with van der Waals surface area (Å²) in [6.45, 7) is 2.43. The quantitative estimate of drug-likeness (QED) is 0.816. The number of amides is 2. The molecule has 0 saturated carbocycles. The van der Waals surface area contributed by atoms with Crippen molar-refractivity contribution in [3.63, 3.8) is 0 Å². The first-order valence-electron chi connectivity index (χ1n) is 9.31. The lowest BCUT2D eigenvalue weighted by molar-refractivity contribution is -0.130. The molecule has 3 heterocycles. The van der Waals surface area contributed by atoms with E-state index in [1.807, 2.05) is 24.3 Å². The molecule has 7 heteroatoms. The van der Waals surface area contributed by atoms with Gasteiger partial charge in [-0.1, -0.05) is 12.1 Å². The van der Waals surface area contributed by atoms with Crippen LogP contribution in [0.2, 0.25) is 0 Å². The van der Waals surface area contributed by atoms with E-state index < -0.39 is 6.10 Å². The summed E-state index contributed by atoms with van der Waals surface area (Å²) in [5, 5.41) is 5.72. The maximum absolute atomic E-state index is 12.4. The molecule has 2 amide bonds. The molecule has 4 rings (SSSR count). The second kappa shape index (κ2) is 7.84. The third-order valence-corrected chi connectivity index (χ3v) is 5.02. The highest BCUT2D eigenvalue weighted by Gasteiger charge is 2.31. The van der Waals surface area contributed by atoms with E-state index in [0.29, 0.717) is 18.0 Å². The first-order chi connectivity index (χ1) is 13.2. The summed E-state index contributed by atoms with van der Waals surface area (Å²) in [6.07, 6.45) is 3.11. The molecule has 1 fully saturated rings. The first-order valence-corrected chi connectivity index (χ1v) is 9.31. The van der Waals surface area contributed by atoms with E-state index in [1.54, 1.807) is 18.4 Å². The lowest BCUT2D eigenvalue weighted by atomic mass is 10.1. The van der Waals surface area contributed by atoms with Crippen molar-refractivity contribution < 1.29 is 18.7 Å². The fraction of sp³-hybridized carbons (Fsp3) is 0.400. The molecule has 2 aromatic rings. The fourth-order valence-electron chi connectivity index (χ4n) is 3.62. The van der Waals surface area contributed by atoms with E-state index in [-0.39, 0.29) is 24.3 Å². The van der Waals surface area contributed by atoms with Gasteiger partial charge in [-0.25, -0.2) is 0 Å². The maximum atomic E-state index is 12.4. The van der Waals surface area contributed by atoms with E-state index in [0.717, 1.165) is 31.7 Å². The van der Waals surface area contributed by atoms with Gasteiger partial charge in [0.05, 0.1) is 24.4 Å². The molecule has 2 aliphatic heterocycles. The average Bonchev–Trinajstić information content (AvgIpc) is 3.37. The summed E-state index contributed by atoms with van der Waals surface area (Å²) < 4.78 is 11.3. The monoisotopic (exact) mass is 369 g/mol. The van der Waals surface area contributed by atoms with Crippen LogP contribution >= 0.6 is 0 Å². The molecule has 1 saturated heterocycles. The highest BCUT2D eigenvalue weighted by molar-refractivity contribution is 5.99. The third-order valence-electron chi connectivity index (χ3n) is 5.02. The van der Waals surface area contributed by atoms with Crippen LogP contribution < -0.4 is 15.4 Å². The summed E-state index contributed by atoms with van der Waals surface area (Å²) in [6, 6.07) is 11.0. The Morgan fingerprint density at radius 1 is 1.22 bits per heavy atom. The topological polar surface area (TPSA) is 83.8 Å². The number of fused-ring (bicyclic) bond motifs is 1. The Hall–Kier alpha value is -2.80. The summed E-state index contributed by atoms with van der Waals surface area (Å²) in [4.78, 5) is 26.9. The van der Waals surface area contributed by atoms with Gasteiger partial charge in [0, 0.05) is 6.54 Å². The van der Waals surface area contributed by atoms with Gasteiger partial charge >= 0.3 is 0 Å². The molecule has 142 valence electrons. The van der Waals surface area contributed by atoms with E-state index >= 15 is 0 Å².